The van der Waals surface area contributed by atoms with Gasteiger partial charge in [-0.25, -0.2) is 4.68 Å². The van der Waals surface area contributed by atoms with E-state index in [2.05, 4.69) is 25.6 Å². The van der Waals surface area contributed by atoms with Crippen molar-refractivity contribution in [3.63, 3.8) is 0 Å². The van der Waals surface area contributed by atoms with Crippen LogP contribution in [0.15, 0.2) is 30.5 Å². The van der Waals surface area contributed by atoms with E-state index in [9.17, 15) is 23.1 Å². The number of halogens is 3. The zero-order valence-electron chi connectivity index (χ0n) is 20.0. The number of anilines is 2. The number of carbonyl (C=O) groups is 1. The summed E-state index contributed by atoms with van der Waals surface area (Å²) in [6, 6.07) is 4.41. The maximum absolute atomic E-state index is 13.3. The summed E-state index contributed by atoms with van der Waals surface area (Å²) < 4.78 is 41.4. The maximum atomic E-state index is 13.3. The molecule has 0 spiro atoms. The van der Waals surface area contributed by atoms with E-state index in [0.717, 1.165) is 25.0 Å². The van der Waals surface area contributed by atoms with Crippen molar-refractivity contribution in [2.75, 3.05) is 29.9 Å². The number of hydrogen-bond donors (Lipinski definition) is 3. The Morgan fingerprint density at radius 1 is 1.14 bits per heavy atom. The summed E-state index contributed by atoms with van der Waals surface area (Å²) in [5.41, 5.74) is -1.02. The Morgan fingerprint density at radius 2 is 1.89 bits per heavy atom. The number of piperidine rings is 1. The number of alkyl halides is 3. The van der Waals surface area contributed by atoms with Gasteiger partial charge in [-0.1, -0.05) is 6.07 Å². The molecule has 0 aliphatic carbocycles. The molecule has 2 aliphatic rings. The molecule has 1 atom stereocenters. The lowest BCUT2D eigenvalue weighted by Gasteiger charge is -2.38. The van der Waals surface area contributed by atoms with Gasteiger partial charge in [-0.3, -0.25) is 4.79 Å². The third kappa shape index (κ3) is 4.69. The van der Waals surface area contributed by atoms with Crippen molar-refractivity contribution in [2.45, 2.75) is 50.9 Å². The van der Waals surface area contributed by atoms with Crippen LogP contribution in [0, 0.1) is 5.92 Å². The van der Waals surface area contributed by atoms with Crippen LogP contribution in [0.2, 0.25) is 0 Å². The fraction of sp³-hybridized carbons (Fsp3) is 0.500. The highest BCUT2D eigenvalue weighted by Gasteiger charge is 2.33. The van der Waals surface area contributed by atoms with E-state index in [1.165, 1.54) is 16.8 Å². The van der Waals surface area contributed by atoms with Gasteiger partial charge >= 0.3 is 6.18 Å². The molecule has 2 aromatic heterocycles. The predicted molar refractivity (Wildman–Crippen MR) is 128 cm³/mol. The Kier molecular flexibility index (Phi) is 6.01. The smallest absolute Gasteiger partial charge is 0.390 e. The minimum atomic E-state index is -4.49. The molecule has 4 heterocycles. The van der Waals surface area contributed by atoms with Gasteiger partial charge in [-0.2, -0.15) is 28.2 Å². The third-order valence-electron chi connectivity index (χ3n) is 6.97. The molecule has 1 aromatic carbocycles. The Bertz CT molecular complexity index is 1280. The van der Waals surface area contributed by atoms with Crippen molar-refractivity contribution in [2.24, 2.45) is 5.92 Å². The van der Waals surface area contributed by atoms with Gasteiger partial charge < -0.3 is 20.6 Å². The third-order valence-corrected chi connectivity index (χ3v) is 6.97. The molecule has 0 radical (unpaired) electrons. The highest BCUT2D eigenvalue weighted by molar-refractivity contribution is 5.90. The molecule has 1 amide bonds. The van der Waals surface area contributed by atoms with Gasteiger partial charge in [0.2, 0.25) is 11.9 Å². The monoisotopic (exact) mass is 503 g/mol. The second-order valence-corrected chi connectivity index (χ2v) is 9.90. The summed E-state index contributed by atoms with van der Waals surface area (Å²) >= 11 is 0. The van der Waals surface area contributed by atoms with E-state index in [0.29, 0.717) is 42.9 Å². The lowest BCUT2D eigenvalue weighted by molar-refractivity contribution is -0.137. The lowest BCUT2D eigenvalue weighted by Crippen LogP contribution is -2.42. The minimum Gasteiger partial charge on any atom is -0.390 e. The maximum Gasteiger partial charge on any atom is 0.416 e. The molecule has 0 bridgehead atoms. The van der Waals surface area contributed by atoms with Gasteiger partial charge in [0.25, 0.3) is 0 Å². The van der Waals surface area contributed by atoms with E-state index < -0.39 is 23.4 Å². The zero-order chi connectivity index (χ0) is 25.7. The van der Waals surface area contributed by atoms with Gasteiger partial charge in [0.05, 0.1) is 28.4 Å². The van der Waals surface area contributed by atoms with Crippen molar-refractivity contribution in [1.29, 1.82) is 0 Å². The summed E-state index contributed by atoms with van der Waals surface area (Å²) in [6.07, 6.45) is -0.861. The van der Waals surface area contributed by atoms with E-state index >= 15 is 0 Å². The number of amides is 1. The van der Waals surface area contributed by atoms with Crippen molar-refractivity contribution in [3.05, 3.63) is 36.0 Å². The van der Waals surface area contributed by atoms with Crippen LogP contribution in [0.5, 0.6) is 0 Å². The summed E-state index contributed by atoms with van der Waals surface area (Å²) in [5.74, 6) is 0.780. The van der Waals surface area contributed by atoms with Crippen LogP contribution in [-0.4, -0.2) is 62.0 Å². The fourth-order valence-corrected chi connectivity index (χ4v) is 4.89. The average molecular weight is 504 g/mol. The molecule has 2 fully saturated rings. The molecular weight excluding hydrogens is 475 g/mol. The normalized spacial score (nSPS) is 19.7. The molecule has 36 heavy (non-hydrogen) atoms. The van der Waals surface area contributed by atoms with Crippen LogP contribution in [0.3, 0.4) is 0 Å². The Balaban J connectivity index is 1.56. The molecule has 3 aromatic rings. The Morgan fingerprint density at radius 3 is 2.53 bits per heavy atom. The highest BCUT2D eigenvalue weighted by atomic mass is 19.4. The SMILES string of the molecule is CC(C)(O)C1CCN(c2nc(N[C@@H]3CCNC3=O)nc3c2cnn3-c2cccc(C(F)(F)F)c2)CC1. The number of nitrogens with one attached hydrogen (secondary N) is 2. The van der Waals surface area contributed by atoms with Crippen LogP contribution in [0.1, 0.15) is 38.7 Å². The molecule has 0 saturated carbocycles. The van der Waals surface area contributed by atoms with Crippen LogP contribution < -0.4 is 15.5 Å². The first-order chi connectivity index (χ1) is 17.0. The van der Waals surface area contributed by atoms with Crippen molar-refractivity contribution in [3.8, 4) is 5.69 Å². The topological polar surface area (TPSA) is 108 Å². The second-order valence-electron chi connectivity index (χ2n) is 9.90. The summed E-state index contributed by atoms with van der Waals surface area (Å²) in [6.45, 7) is 5.43. The van der Waals surface area contributed by atoms with Crippen LogP contribution in [-0.2, 0) is 11.0 Å². The summed E-state index contributed by atoms with van der Waals surface area (Å²) in [4.78, 5) is 23.5. The Hall–Kier alpha value is -3.41. The summed E-state index contributed by atoms with van der Waals surface area (Å²) in [7, 11) is 0. The first-order valence-electron chi connectivity index (χ1n) is 12.0. The first-order valence-corrected chi connectivity index (χ1v) is 12.0. The number of nitrogens with zero attached hydrogens (tertiary/aromatic N) is 5. The number of rotatable bonds is 5. The standard InChI is InChI=1S/C24H28F3N7O2/c1-23(2,36)14-7-10-33(11-8-14)19-17-13-29-34(16-5-3-4-15(12-16)24(25,26)27)20(17)32-22(31-19)30-18-6-9-28-21(18)35/h3-5,12-14,18,36H,6-11H2,1-2H3,(H,28,35)(H,30,31,32)/t18-/m1/s1. The first kappa shape index (κ1) is 24.3. The predicted octanol–water partition coefficient (Wildman–Crippen LogP) is 3.12. The van der Waals surface area contributed by atoms with E-state index in [1.54, 1.807) is 6.20 Å². The van der Waals surface area contributed by atoms with Gasteiger partial charge in [-0.15, -0.1) is 0 Å². The fourth-order valence-electron chi connectivity index (χ4n) is 4.89. The molecule has 9 nitrogen and oxygen atoms in total. The van der Waals surface area contributed by atoms with Crippen molar-refractivity contribution in [1.82, 2.24) is 25.1 Å². The highest BCUT2D eigenvalue weighted by Crippen LogP contribution is 2.35. The molecule has 3 N–H and O–H groups in total. The summed E-state index contributed by atoms with van der Waals surface area (Å²) in [5, 5.41) is 21.2. The van der Waals surface area contributed by atoms with Crippen molar-refractivity contribution >= 4 is 28.7 Å². The van der Waals surface area contributed by atoms with Gasteiger partial charge in [0.1, 0.15) is 11.9 Å². The van der Waals surface area contributed by atoms with Gasteiger partial charge in [-0.05, 0) is 57.2 Å². The van der Waals surface area contributed by atoms with Crippen LogP contribution in [0.25, 0.3) is 16.7 Å². The number of aliphatic hydroxyl groups is 1. The number of hydrogen-bond acceptors (Lipinski definition) is 7. The van der Waals surface area contributed by atoms with Crippen LogP contribution >= 0.6 is 0 Å². The van der Waals surface area contributed by atoms with Crippen molar-refractivity contribution < 1.29 is 23.1 Å². The number of aromatic nitrogens is 4. The number of carbonyl (C=O) groups excluding carboxylic acids is 1. The molecule has 12 heteroatoms. The largest absolute Gasteiger partial charge is 0.416 e. The molecule has 5 rings (SSSR count). The minimum absolute atomic E-state index is 0.138. The van der Waals surface area contributed by atoms with E-state index in [4.69, 9.17) is 4.98 Å². The molecule has 2 saturated heterocycles. The molecular formula is C24H28F3N7O2. The van der Waals surface area contributed by atoms with Gasteiger partial charge in [0, 0.05) is 19.6 Å². The van der Waals surface area contributed by atoms with Gasteiger partial charge in [0.15, 0.2) is 5.65 Å². The van der Waals surface area contributed by atoms with E-state index in [-0.39, 0.29) is 23.5 Å². The number of benzene rings is 1. The van der Waals surface area contributed by atoms with Crippen LogP contribution in [0.4, 0.5) is 24.9 Å². The Labute approximate surface area is 205 Å². The second kappa shape index (κ2) is 8.91. The lowest BCUT2D eigenvalue weighted by atomic mass is 9.83. The molecule has 2 aliphatic heterocycles. The van der Waals surface area contributed by atoms with E-state index in [1.807, 2.05) is 13.8 Å². The average Bonchev–Trinajstić information content (AvgIpc) is 3.44. The molecule has 192 valence electrons. The quantitative estimate of drug-likeness (QED) is 0.491. The molecule has 0 unspecified atom stereocenters. The number of fused-ring (bicyclic) bond motifs is 1. The zero-order valence-corrected chi connectivity index (χ0v) is 20.0.